The molecule has 6 N–H and O–H groups in total. The lowest BCUT2D eigenvalue weighted by Crippen LogP contribution is -2.50. The van der Waals surface area contributed by atoms with Crippen molar-refractivity contribution in [3.05, 3.63) is 11.9 Å². The van der Waals surface area contributed by atoms with Gasteiger partial charge in [-0.2, -0.15) is 0 Å². The van der Waals surface area contributed by atoms with Gasteiger partial charge in [0, 0.05) is 6.54 Å². The molecule has 0 aromatic heterocycles. The zero-order valence-corrected chi connectivity index (χ0v) is 5.12. The van der Waals surface area contributed by atoms with Crippen molar-refractivity contribution in [2.24, 2.45) is 17.4 Å². The quantitative estimate of drug-likeness (QED) is 0.333. The van der Waals surface area contributed by atoms with Crippen molar-refractivity contribution < 1.29 is 0 Å². The van der Waals surface area contributed by atoms with Gasteiger partial charge >= 0.3 is 0 Å². The highest BCUT2D eigenvalue weighted by atomic mass is 15.6. The number of hydrazine groups is 2. The first kappa shape index (κ1) is 6.34. The molecular formula is C4H11N5. The third kappa shape index (κ3) is 1.32. The van der Waals surface area contributed by atoms with Gasteiger partial charge in [-0.15, -0.1) is 0 Å². The predicted molar refractivity (Wildman–Crippen MR) is 34.1 cm³/mol. The number of hydrogen-bond acceptors (Lipinski definition) is 5. The van der Waals surface area contributed by atoms with Crippen LogP contribution in [0.5, 0.6) is 0 Å². The second kappa shape index (κ2) is 2.22. The second-order valence-corrected chi connectivity index (χ2v) is 2.01. The highest BCUT2D eigenvalue weighted by Gasteiger charge is 2.09. The van der Waals surface area contributed by atoms with Crippen molar-refractivity contribution in [3.63, 3.8) is 0 Å². The predicted octanol–water partition coefficient (Wildman–Crippen LogP) is -1.89. The van der Waals surface area contributed by atoms with Gasteiger partial charge in [-0.3, -0.25) is 10.9 Å². The summed E-state index contributed by atoms with van der Waals surface area (Å²) in [6, 6.07) is 0. The van der Waals surface area contributed by atoms with Crippen LogP contribution in [0, 0.1) is 0 Å². The lowest BCUT2D eigenvalue weighted by atomic mass is 10.4. The van der Waals surface area contributed by atoms with Gasteiger partial charge in [0.25, 0.3) is 0 Å². The number of nitrogens with zero attached hydrogens (tertiary/aromatic N) is 2. The molecule has 0 fully saturated rings. The molecule has 0 saturated heterocycles. The third-order valence-corrected chi connectivity index (χ3v) is 1.20. The largest absolute Gasteiger partial charge is 0.385 e. The molecule has 1 rings (SSSR count). The van der Waals surface area contributed by atoms with Crippen molar-refractivity contribution in [1.29, 1.82) is 0 Å². The van der Waals surface area contributed by atoms with Crippen LogP contribution in [0.1, 0.15) is 0 Å². The molecule has 0 saturated carbocycles. The molecule has 9 heavy (non-hydrogen) atoms. The van der Waals surface area contributed by atoms with E-state index in [4.69, 9.17) is 17.4 Å². The Morgan fingerprint density at radius 2 is 2.11 bits per heavy atom. The Balaban J connectivity index is 2.56. The molecule has 0 spiro atoms. The van der Waals surface area contributed by atoms with E-state index in [9.17, 15) is 0 Å². The summed E-state index contributed by atoms with van der Waals surface area (Å²) < 4.78 is 0. The van der Waals surface area contributed by atoms with Crippen LogP contribution in [0.4, 0.5) is 0 Å². The smallest absolute Gasteiger partial charge is 0.111 e. The number of nitrogens with two attached hydrogens (primary N) is 3. The monoisotopic (exact) mass is 129 g/mol. The maximum atomic E-state index is 5.42. The first-order chi connectivity index (χ1) is 4.20. The summed E-state index contributed by atoms with van der Waals surface area (Å²) in [6.07, 6.45) is 1.77. The third-order valence-electron chi connectivity index (χ3n) is 1.20. The molecule has 0 aliphatic carbocycles. The highest BCUT2D eigenvalue weighted by Crippen LogP contribution is 1.97. The Morgan fingerprint density at radius 1 is 1.44 bits per heavy atom. The SMILES string of the molecule is NC1=CCN(N)CN1N. The summed E-state index contributed by atoms with van der Waals surface area (Å²) >= 11 is 0. The summed E-state index contributed by atoms with van der Waals surface area (Å²) in [4.78, 5) is 0. The van der Waals surface area contributed by atoms with Gasteiger partial charge in [-0.05, 0) is 6.08 Å². The van der Waals surface area contributed by atoms with E-state index < -0.39 is 0 Å². The van der Waals surface area contributed by atoms with Crippen molar-refractivity contribution in [3.8, 4) is 0 Å². The molecule has 0 bridgehead atoms. The van der Waals surface area contributed by atoms with Gasteiger partial charge in [0.05, 0.1) is 0 Å². The van der Waals surface area contributed by atoms with Gasteiger partial charge in [0.1, 0.15) is 12.5 Å². The van der Waals surface area contributed by atoms with Gasteiger partial charge < -0.3 is 5.73 Å². The Labute approximate surface area is 53.6 Å². The maximum Gasteiger partial charge on any atom is 0.111 e. The number of hydrogen-bond donors (Lipinski definition) is 3. The van der Waals surface area contributed by atoms with Crippen LogP contribution in [0.25, 0.3) is 0 Å². The highest BCUT2D eigenvalue weighted by molar-refractivity contribution is 4.98. The Hall–Kier alpha value is -0.780. The normalized spacial score (nSPS) is 22.0. The van der Waals surface area contributed by atoms with Crippen molar-refractivity contribution in [2.45, 2.75) is 0 Å². The lowest BCUT2D eigenvalue weighted by molar-refractivity contribution is 0.157. The fraction of sp³-hybridized carbons (Fsp3) is 0.500. The van der Waals surface area contributed by atoms with Crippen molar-refractivity contribution >= 4 is 0 Å². The van der Waals surface area contributed by atoms with Gasteiger partial charge in [-0.1, -0.05) is 0 Å². The number of rotatable bonds is 0. The molecule has 1 aliphatic heterocycles. The molecule has 0 unspecified atom stereocenters. The summed E-state index contributed by atoms with van der Waals surface area (Å²) in [5.41, 5.74) is 5.42. The van der Waals surface area contributed by atoms with Crippen LogP contribution in [0.15, 0.2) is 11.9 Å². The lowest BCUT2D eigenvalue weighted by Gasteiger charge is -2.28. The first-order valence-corrected chi connectivity index (χ1v) is 2.67. The van der Waals surface area contributed by atoms with Crippen LogP contribution in [0.2, 0.25) is 0 Å². The van der Waals surface area contributed by atoms with Crippen LogP contribution >= 0.6 is 0 Å². The summed E-state index contributed by atoms with van der Waals surface area (Å²) in [7, 11) is 0. The van der Waals surface area contributed by atoms with Crippen LogP contribution in [-0.4, -0.2) is 23.2 Å². The fourth-order valence-electron chi connectivity index (χ4n) is 0.663. The summed E-state index contributed by atoms with van der Waals surface area (Å²) in [6.45, 7) is 1.15. The molecule has 5 nitrogen and oxygen atoms in total. The molecule has 0 atom stereocenters. The van der Waals surface area contributed by atoms with Crippen LogP contribution in [-0.2, 0) is 0 Å². The molecule has 0 amide bonds. The fourth-order valence-corrected chi connectivity index (χ4v) is 0.663. The topological polar surface area (TPSA) is 84.5 Å². The van der Waals surface area contributed by atoms with Gasteiger partial charge in [-0.25, -0.2) is 10.9 Å². The molecule has 0 aromatic rings. The first-order valence-electron chi connectivity index (χ1n) is 2.67. The van der Waals surface area contributed by atoms with E-state index in [1.807, 2.05) is 0 Å². The van der Waals surface area contributed by atoms with Crippen LogP contribution < -0.4 is 17.4 Å². The molecule has 0 radical (unpaired) electrons. The van der Waals surface area contributed by atoms with E-state index in [2.05, 4.69) is 0 Å². The minimum atomic E-state index is 0.488. The van der Waals surface area contributed by atoms with E-state index in [0.717, 1.165) is 0 Å². The van der Waals surface area contributed by atoms with E-state index in [1.54, 1.807) is 11.1 Å². The Kier molecular flexibility index (Phi) is 1.56. The molecule has 1 aliphatic rings. The van der Waals surface area contributed by atoms with E-state index >= 15 is 0 Å². The van der Waals surface area contributed by atoms with Crippen molar-refractivity contribution in [1.82, 2.24) is 10.0 Å². The van der Waals surface area contributed by atoms with Gasteiger partial charge in [0.15, 0.2) is 0 Å². The van der Waals surface area contributed by atoms with E-state index in [1.165, 1.54) is 5.01 Å². The van der Waals surface area contributed by atoms with E-state index in [0.29, 0.717) is 19.0 Å². The Bertz CT molecular complexity index is 131. The second-order valence-electron chi connectivity index (χ2n) is 2.01. The Morgan fingerprint density at radius 3 is 2.56 bits per heavy atom. The molecule has 52 valence electrons. The summed E-state index contributed by atoms with van der Waals surface area (Å²) in [5.74, 6) is 11.4. The molecule has 5 heteroatoms. The average Bonchev–Trinajstić information content (AvgIpc) is 1.80. The summed E-state index contributed by atoms with van der Waals surface area (Å²) in [5, 5.41) is 2.96. The molecule has 0 aromatic carbocycles. The zero-order valence-electron chi connectivity index (χ0n) is 5.12. The average molecular weight is 129 g/mol. The van der Waals surface area contributed by atoms with Gasteiger partial charge in [0.2, 0.25) is 0 Å². The van der Waals surface area contributed by atoms with E-state index in [-0.39, 0.29) is 0 Å². The van der Waals surface area contributed by atoms with Crippen LogP contribution in [0.3, 0.4) is 0 Å². The standard InChI is InChI=1S/C4H11N5/c5-4-1-2-8(6)3-9(4)7/h1H,2-3,5-7H2. The zero-order chi connectivity index (χ0) is 6.85. The maximum absolute atomic E-state index is 5.42. The molecule has 1 heterocycles. The molecular weight excluding hydrogens is 118 g/mol. The minimum Gasteiger partial charge on any atom is -0.385 e. The minimum absolute atomic E-state index is 0.488. The van der Waals surface area contributed by atoms with Crippen molar-refractivity contribution in [2.75, 3.05) is 13.2 Å².